The molecule has 1 rings (SSSR count). The number of hydrogen-bond acceptors (Lipinski definition) is 2. The van der Waals surface area contributed by atoms with E-state index in [4.69, 9.17) is 10.5 Å². The Bertz CT molecular complexity index is 286. The van der Waals surface area contributed by atoms with Crippen LogP contribution in [-0.4, -0.2) is 6.61 Å². The fourth-order valence-corrected chi connectivity index (χ4v) is 1.13. The zero-order valence-electron chi connectivity index (χ0n) is 7.88. The Kier molecular flexibility index (Phi) is 3.25. The molecule has 72 valence electrons. The van der Waals surface area contributed by atoms with Gasteiger partial charge in [-0.15, -0.1) is 0 Å². The summed E-state index contributed by atoms with van der Waals surface area (Å²) in [4.78, 5) is 0. The summed E-state index contributed by atoms with van der Waals surface area (Å²) < 4.78 is 18.4. The molecule has 0 radical (unpaired) electrons. The Labute approximate surface area is 77.5 Å². The summed E-state index contributed by atoms with van der Waals surface area (Å²) in [6.07, 6.45) is 0. The van der Waals surface area contributed by atoms with Gasteiger partial charge in [0.25, 0.3) is 0 Å². The van der Waals surface area contributed by atoms with Crippen LogP contribution in [0.2, 0.25) is 0 Å². The van der Waals surface area contributed by atoms with Gasteiger partial charge >= 0.3 is 0 Å². The van der Waals surface area contributed by atoms with E-state index in [0.717, 1.165) is 0 Å². The highest BCUT2D eigenvalue weighted by Gasteiger charge is 2.07. The molecular formula is C10H14FNO. The third kappa shape index (κ3) is 2.42. The van der Waals surface area contributed by atoms with Gasteiger partial charge in [0.05, 0.1) is 6.61 Å². The summed E-state index contributed by atoms with van der Waals surface area (Å²) in [5.74, 6) is 0.241. The average molecular weight is 183 g/mol. The van der Waals surface area contributed by atoms with Crippen molar-refractivity contribution in [1.82, 2.24) is 0 Å². The van der Waals surface area contributed by atoms with E-state index in [1.807, 2.05) is 6.92 Å². The van der Waals surface area contributed by atoms with Gasteiger partial charge in [-0.1, -0.05) is 6.07 Å². The summed E-state index contributed by atoms with van der Waals surface area (Å²) in [6, 6.07) is 4.47. The molecule has 2 nitrogen and oxygen atoms in total. The minimum atomic E-state index is -0.305. The molecule has 2 N–H and O–H groups in total. The summed E-state index contributed by atoms with van der Waals surface area (Å²) >= 11 is 0. The summed E-state index contributed by atoms with van der Waals surface area (Å²) in [6.45, 7) is 4.15. The van der Waals surface area contributed by atoms with Gasteiger partial charge in [-0.05, 0) is 19.9 Å². The quantitative estimate of drug-likeness (QED) is 0.780. The normalized spacial score (nSPS) is 12.6. The molecule has 1 aromatic carbocycles. The lowest BCUT2D eigenvalue weighted by Gasteiger charge is -2.09. The molecule has 0 fully saturated rings. The number of benzene rings is 1. The maximum atomic E-state index is 13.3. The minimum Gasteiger partial charge on any atom is -0.494 e. The number of nitrogens with two attached hydrogens (primary N) is 1. The Balaban J connectivity index is 2.92. The molecule has 0 amide bonds. The first-order chi connectivity index (χ1) is 6.15. The zero-order chi connectivity index (χ0) is 9.84. The van der Waals surface area contributed by atoms with Crippen molar-refractivity contribution >= 4 is 0 Å². The van der Waals surface area contributed by atoms with E-state index < -0.39 is 0 Å². The van der Waals surface area contributed by atoms with E-state index in [9.17, 15) is 4.39 Å². The molecule has 0 heterocycles. The van der Waals surface area contributed by atoms with Crippen LogP contribution in [0.4, 0.5) is 4.39 Å². The second-order valence-electron chi connectivity index (χ2n) is 2.91. The Morgan fingerprint density at radius 2 is 2.23 bits per heavy atom. The van der Waals surface area contributed by atoms with Crippen molar-refractivity contribution in [3.8, 4) is 5.75 Å². The van der Waals surface area contributed by atoms with Gasteiger partial charge in [-0.25, -0.2) is 4.39 Å². The van der Waals surface area contributed by atoms with Crippen molar-refractivity contribution < 1.29 is 9.13 Å². The standard InChI is InChI=1S/C10H14FNO/c1-3-13-8-4-5-9(7(2)12)10(11)6-8/h4-7H,3,12H2,1-2H3/t7-/m1/s1. The summed E-state index contributed by atoms with van der Waals surface area (Å²) in [5.41, 5.74) is 6.07. The van der Waals surface area contributed by atoms with Crippen molar-refractivity contribution in [3.05, 3.63) is 29.6 Å². The van der Waals surface area contributed by atoms with Gasteiger partial charge in [-0.3, -0.25) is 0 Å². The number of halogens is 1. The van der Waals surface area contributed by atoms with Gasteiger partial charge in [0.15, 0.2) is 0 Å². The molecule has 0 aliphatic carbocycles. The lowest BCUT2D eigenvalue weighted by atomic mass is 10.1. The molecule has 0 spiro atoms. The van der Waals surface area contributed by atoms with Gasteiger partial charge in [-0.2, -0.15) is 0 Å². The molecule has 0 aliphatic heterocycles. The van der Waals surface area contributed by atoms with Crippen LogP contribution >= 0.6 is 0 Å². The van der Waals surface area contributed by atoms with Crippen molar-refractivity contribution in [2.75, 3.05) is 6.61 Å². The van der Waals surface area contributed by atoms with Crippen LogP contribution < -0.4 is 10.5 Å². The maximum absolute atomic E-state index is 13.3. The van der Waals surface area contributed by atoms with E-state index in [2.05, 4.69) is 0 Å². The lowest BCUT2D eigenvalue weighted by Crippen LogP contribution is -2.07. The van der Waals surface area contributed by atoms with Crippen LogP contribution in [0.25, 0.3) is 0 Å². The smallest absolute Gasteiger partial charge is 0.131 e. The summed E-state index contributed by atoms with van der Waals surface area (Å²) in [5, 5.41) is 0. The predicted octanol–water partition coefficient (Wildman–Crippen LogP) is 2.24. The fraction of sp³-hybridized carbons (Fsp3) is 0.400. The molecule has 0 aromatic heterocycles. The Morgan fingerprint density at radius 1 is 1.54 bits per heavy atom. The highest BCUT2D eigenvalue weighted by Crippen LogP contribution is 2.20. The molecular weight excluding hydrogens is 169 g/mol. The lowest BCUT2D eigenvalue weighted by molar-refractivity contribution is 0.338. The van der Waals surface area contributed by atoms with Crippen LogP contribution in [0, 0.1) is 5.82 Å². The molecule has 0 bridgehead atoms. The predicted molar refractivity (Wildman–Crippen MR) is 50.2 cm³/mol. The van der Waals surface area contributed by atoms with Crippen LogP contribution in [0.1, 0.15) is 25.5 Å². The maximum Gasteiger partial charge on any atom is 0.131 e. The van der Waals surface area contributed by atoms with Crippen molar-refractivity contribution in [2.45, 2.75) is 19.9 Å². The van der Waals surface area contributed by atoms with Crippen LogP contribution in [0.15, 0.2) is 18.2 Å². The molecule has 0 unspecified atom stereocenters. The number of hydrogen-bond donors (Lipinski definition) is 1. The molecule has 3 heteroatoms. The monoisotopic (exact) mass is 183 g/mol. The molecule has 0 saturated carbocycles. The first-order valence-corrected chi connectivity index (χ1v) is 4.33. The highest BCUT2D eigenvalue weighted by molar-refractivity contribution is 5.30. The Hall–Kier alpha value is -1.09. The van der Waals surface area contributed by atoms with Crippen LogP contribution in [0.3, 0.4) is 0 Å². The second-order valence-corrected chi connectivity index (χ2v) is 2.91. The summed E-state index contributed by atoms with van der Waals surface area (Å²) in [7, 11) is 0. The van der Waals surface area contributed by atoms with Gasteiger partial charge in [0.2, 0.25) is 0 Å². The number of rotatable bonds is 3. The topological polar surface area (TPSA) is 35.2 Å². The third-order valence-electron chi connectivity index (χ3n) is 1.77. The number of ether oxygens (including phenoxy) is 1. The van der Waals surface area contributed by atoms with Crippen LogP contribution in [0.5, 0.6) is 5.75 Å². The second kappa shape index (κ2) is 4.23. The third-order valence-corrected chi connectivity index (χ3v) is 1.77. The fourth-order valence-electron chi connectivity index (χ4n) is 1.13. The van der Waals surface area contributed by atoms with Crippen LogP contribution in [-0.2, 0) is 0 Å². The van der Waals surface area contributed by atoms with Crippen molar-refractivity contribution in [2.24, 2.45) is 5.73 Å². The van der Waals surface area contributed by atoms with E-state index in [0.29, 0.717) is 17.9 Å². The largest absolute Gasteiger partial charge is 0.494 e. The Morgan fingerprint density at radius 3 is 2.69 bits per heavy atom. The van der Waals surface area contributed by atoms with Gasteiger partial charge < -0.3 is 10.5 Å². The van der Waals surface area contributed by atoms with E-state index >= 15 is 0 Å². The van der Waals surface area contributed by atoms with E-state index in [1.54, 1.807) is 19.1 Å². The van der Waals surface area contributed by atoms with Crippen molar-refractivity contribution in [1.29, 1.82) is 0 Å². The SMILES string of the molecule is CCOc1ccc([C@@H](C)N)c(F)c1. The zero-order valence-corrected chi connectivity index (χ0v) is 7.88. The molecule has 1 atom stereocenters. The van der Waals surface area contributed by atoms with E-state index in [-0.39, 0.29) is 11.9 Å². The molecule has 1 aromatic rings. The van der Waals surface area contributed by atoms with Crippen molar-refractivity contribution in [3.63, 3.8) is 0 Å². The van der Waals surface area contributed by atoms with E-state index in [1.165, 1.54) is 6.07 Å². The van der Waals surface area contributed by atoms with Gasteiger partial charge in [0, 0.05) is 17.7 Å². The highest BCUT2D eigenvalue weighted by atomic mass is 19.1. The first-order valence-electron chi connectivity index (χ1n) is 4.33. The minimum absolute atomic E-state index is 0.282. The first kappa shape index (κ1) is 9.99. The average Bonchev–Trinajstić information content (AvgIpc) is 2.04. The molecule has 0 saturated heterocycles. The van der Waals surface area contributed by atoms with Gasteiger partial charge in [0.1, 0.15) is 11.6 Å². The molecule has 0 aliphatic rings. The molecule has 13 heavy (non-hydrogen) atoms.